The Balaban J connectivity index is 1.23. The van der Waals surface area contributed by atoms with Gasteiger partial charge in [-0.2, -0.15) is 8.78 Å². The second-order valence-electron chi connectivity index (χ2n) is 11.0. The molecule has 0 radical (unpaired) electrons. The number of piperidine rings is 1. The number of alkyl halides is 3. The van der Waals surface area contributed by atoms with Crippen LogP contribution in [-0.4, -0.2) is 78.3 Å². The van der Waals surface area contributed by atoms with Gasteiger partial charge in [-0.3, -0.25) is 9.20 Å². The summed E-state index contributed by atoms with van der Waals surface area (Å²) in [5.41, 5.74) is -0.212. The highest BCUT2D eigenvalue weighted by molar-refractivity contribution is 6.02. The molecular weight excluding hydrogens is 567 g/mol. The maximum atomic E-state index is 14.8. The Morgan fingerprint density at radius 1 is 1.14 bits per heavy atom. The van der Waals surface area contributed by atoms with Crippen LogP contribution in [0.15, 0.2) is 36.7 Å². The molecule has 1 saturated heterocycles. The van der Waals surface area contributed by atoms with E-state index >= 15 is 0 Å². The molecule has 0 unspecified atom stereocenters. The average molecular weight is 604 g/mol. The number of aromatic nitrogens is 2. The Kier molecular flexibility index (Phi) is 9.43. The number of hydrogen-bond acceptors (Lipinski definition) is 8. The Labute approximate surface area is 247 Å². The third-order valence-electron chi connectivity index (χ3n) is 7.91. The second kappa shape index (κ2) is 13.2. The van der Waals surface area contributed by atoms with Gasteiger partial charge in [-0.25, -0.2) is 14.2 Å². The summed E-state index contributed by atoms with van der Waals surface area (Å²) in [5, 5.41) is 0. The maximum Gasteiger partial charge on any atom is 0.387 e. The molecule has 1 aliphatic heterocycles. The number of ether oxygens (including phenoxy) is 4. The number of rotatable bonds is 14. The molecule has 0 atom stereocenters. The highest BCUT2D eigenvalue weighted by atomic mass is 19.3. The van der Waals surface area contributed by atoms with Crippen molar-refractivity contribution in [2.75, 3.05) is 40.0 Å². The van der Waals surface area contributed by atoms with Crippen molar-refractivity contribution >= 4 is 17.4 Å². The van der Waals surface area contributed by atoms with E-state index in [2.05, 4.69) is 9.88 Å². The van der Waals surface area contributed by atoms with Gasteiger partial charge in [0, 0.05) is 56.7 Å². The monoisotopic (exact) mass is 603 g/mol. The SMILES string of the molecule is CCOC(=O)C1(F)CCN(CCCOc2ccn3c(-c4cc(OC)c(C(=O)CC5CC5)c(OC(F)F)c4)cnc3c2)CC1. The molecule has 43 heavy (non-hydrogen) atoms. The fourth-order valence-corrected chi connectivity index (χ4v) is 5.39. The van der Waals surface area contributed by atoms with Crippen LogP contribution in [0.3, 0.4) is 0 Å². The predicted molar refractivity (Wildman–Crippen MR) is 152 cm³/mol. The van der Waals surface area contributed by atoms with Gasteiger partial charge >= 0.3 is 12.6 Å². The summed E-state index contributed by atoms with van der Waals surface area (Å²) >= 11 is 0. The van der Waals surface area contributed by atoms with Crippen LogP contribution in [0, 0.1) is 5.92 Å². The van der Waals surface area contributed by atoms with Crippen molar-refractivity contribution < 1.29 is 41.7 Å². The Morgan fingerprint density at radius 2 is 1.88 bits per heavy atom. The number of nitrogens with zero attached hydrogens (tertiary/aromatic N) is 3. The van der Waals surface area contributed by atoms with Gasteiger partial charge in [0.15, 0.2) is 5.78 Å². The second-order valence-corrected chi connectivity index (χ2v) is 11.0. The molecule has 3 heterocycles. The van der Waals surface area contributed by atoms with Crippen molar-refractivity contribution in [1.82, 2.24) is 14.3 Å². The normalized spacial score (nSPS) is 16.8. The largest absolute Gasteiger partial charge is 0.496 e. The fourth-order valence-electron chi connectivity index (χ4n) is 5.39. The van der Waals surface area contributed by atoms with E-state index in [0.717, 1.165) is 12.8 Å². The van der Waals surface area contributed by atoms with Crippen LogP contribution >= 0.6 is 0 Å². The van der Waals surface area contributed by atoms with E-state index in [-0.39, 0.29) is 54.6 Å². The summed E-state index contributed by atoms with van der Waals surface area (Å²) in [6.45, 7) is 0.815. The lowest BCUT2D eigenvalue weighted by molar-refractivity contribution is -0.160. The highest BCUT2D eigenvalue weighted by Gasteiger charge is 2.43. The number of esters is 1. The minimum absolute atomic E-state index is 0.0236. The summed E-state index contributed by atoms with van der Waals surface area (Å²) in [7, 11) is 1.39. The molecule has 2 fully saturated rings. The number of halogens is 3. The number of carbonyl (C=O) groups excluding carboxylic acids is 2. The van der Waals surface area contributed by atoms with E-state index in [1.165, 1.54) is 13.2 Å². The van der Waals surface area contributed by atoms with E-state index in [1.807, 2.05) is 0 Å². The molecule has 0 bridgehead atoms. The van der Waals surface area contributed by atoms with Crippen molar-refractivity contribution in [3.05, 3.63) is 42.2 Å². The lowest BCUT2D eigenvalue weighted by Crippen LogP contribution is -2.47. The van der Waals surface area contributed by atoms with Crippen LogP contribution < -0.4 is 14.2 Å². The fraction of sp³-hybridized carbons (Fsp3) is 0.516. The van der Waals surface area contributed by atoms with Gasteiger partial charge < -0.3 is 23.8 Å². The quantitative estimate of drug-likeness (QED) is 0.131. The van der Waals surface area contributed by atoms with Crippen LogP contribution in [0.2, 0.25) is 0 Å². The van der Waals surface area contributed by atoms with Crippen LogP contribution in [0.4, 0.5) is 13.2 Å². The number of hydrogen-bond donors (Lipinski definition) is 0. The van der Waals surface area contributed by atoms with Gasteiger partial charge in [0.25, 0.3) is 0 Å². The maximum absolute atomic E-state index is 14.8. The zero-order valence-electron chi connectivity index (χ0n) is 24.3. The Hall–Kier alpha value is -3.80. The highest BCUT2D eigenvalue weighted by Crippen LogP contribution is 2.40. The number of carbonyl (C=O) groups is 2. The van der Waals surface area contributed by atoms with Crippen LogP contribution in [0.5, 0.6) is 17.2 Å². The number of likely N-dealkylation sites (tertiary alicyclic amines) is 1. The van der Waals surface area contributed by atoms with Crippen molar-refractivity contribution in [1.29, 1.82) is 0 Å². The molecule has 2 aliphatic rings. The van der Waals surface area contributed by atoms with Gasteiger partial charge in [-0.1, -0.05) is 0 Å². The minimum atomic E-state index is -3.11. The Bertz CT molecular complexity index is 1450. The van der Waals surface area contributed by atoms with Gasteiger partial charge in [0.2, 0.25) is 5.67 Å². The van der Waals surface area contributed by atoms with Crippen molar-refractivity contribution in [2.24, 2.45) is 5.92 Å². The summed E-state index contributed by atoms with van der Waals surface area (Å²) in [4.78, 5) is 31.4. The summed E-state index contributed by atoms with van der Waals surface area (Å²) in [5.74, 6) is -0.238. The van der Waals surface area contributed by atoms with E-state index < -0.39 is 18.2 Å². The number of Topliss-reactive ketones (excluding diaryl/α,β-unsaturated/α-hetero) is 1. The molecule has 0 N–H and O–H groups in total. The third-order valence-corrected chi connectivity index (χ3v) is 7.91. The lowest BCUT2D eigenvalue weighted by Gasteiger charge is -2.34. The van der Waals surface area contributed by atoms with Crippen LogP contribution in [0.1, 0.15) is 55.8 Å². The first-order valence-electron chi connectivity index (χ1n) is 14.6. The summed E-state index contributed by atoms with van der Waals surface area (Å²) in [6.07, 6.45) is 6.47. The molecule has 2 aromatic heterocycles. The molecule has 9 nitrogen and oxygen atoms in total. The lowest BCUT2D eigenvalue weighted by atomic mass is 9.93. The standard InChI is InChI=1S/C31H36F3N3O6/c1-3-41-29(39)31(34)8-12-36(13-9-31)10-4-14-42-22-7-11-37-23(19-35-27(37)18-22)21-16-25(40-2)28(24(38)15-20-5-6-20)26(17-21)43-30(32)33/h7,11,16-20,30H,3-6,8-10,12-15H2,1-2H3. The molecule has 0 spiro atoms. The van der Waals surface area contributed by atoms with Crippen molar-refractivity contribution in [2.45, 2.75) is 57.7 Å². The zero-order valence-corrected chi connectivity index (χ0v) is 24.3. The molecule has 3 aromatic rings. The van der Waals surface area contributed by atoms with Crippen LogP contribution in [0.25, 0.3) is 16.9 Å². The molecule has 5 rings (SSSR count). The van der Waals surface area contributed by atoms with E-state index in [4.69, 9.17) is 18.9 Å². The van der Waals surface area contributed by atoms with Crippen LogP contribution in [-0.2, 0) is 9.53 Å². The number of pyridine rings is 1. The zero-order chi connectivity index (χ0) is 30.6. The molecule has 12 heteroatoms. The Morgan fingerprint density at radius 3 is 2.56 bits per heavy atom. The molecular formula is C31H36F3N3O6. The molecule has 1 aliphatic carbocycles. The van der Waals surface area contributed by atoms with E-state index in [0.29, 0.717) is 55.3 Å². The topological polar surface area (TPSA) is 91.6 Å². The van der Waals surface area contributed by atoms with Crippen molar-refractivity contribution in [3.63, 3.8) is 0 Å². The molecule has 1 saturated carbocycles. The number of ketones is 1. The number of imidazole rings is 1. The minimum Gasteiger partial charge on any atom is -0.496 e. The van der Waals surface area contributed by atoms with Gasteiger partial charge in [-0.15, -0.1) is 0 Å². The molecule has 232 valence electrons. The first kappa shape index (κ1) is 30.7. The first-order valence-corrected chi connectivity index (χ1v) is 14.6. The average Bonchev–Trinajstić information content (AvgIpc) is 3.70. The summed E-state index contributed by atoms with van der Waals surface area (Å²) in [6, 6.07) is 6.59. The molecule has 0 amide bonds. The van der Waals surface area contributed by atoms with E-state index in [1.54, 1.807) is 41.9 Å². The van der Waals surface area contributed by atoms with Gasteiger partial charge in [0.1, 0.15) is 28.5 Å². The predicted octanol–water partition coefficient (Wildman–Crippen LogP) is 5.73. The number of benzene rings is 1. The first-order chi connectivity index (χ1) is 20.7. The third kappa shape index (κ3) is 7.23. The number of fused-ring (bicyclic) bond motifs is 1. The smallest absolute Gasteiger partial charge is 0.387 e. The summed E-state index contributed by atoms with van der Waals surface area (Å²) < 4.78 is 64.2. The van der Waals surface area contributed by atoms with Gasteiger partial charge in [0.05, 0.1) is 32.2 Å². The van der Waals surface area contributed by atoms with Gasteiger partial charge in [-0.05, 0) is 50.3 Å². The van der Waals surface area contributed by atoms with Crippen molar-refractivity contribution in [3.8, 4) is 28.5 Å². The molecule has 1 aromatic carbocycles. The number of methoxy groups -OCH3 is 1. The van der Waals surface area contributed by atoms with E-state index in [9.17, 15) is 22.8 Å².